The van der Waals surface area contributed by atoms with Crippen LogP contribution < -0.4 is 10.5 Å². The summed E-state index contributed by atoms with van der Waals surface area (Å²) in [4.78, 5) is 0. The Morgan fingerprint density at radius 2 is 1.95 bits per heavy atom. The molecular weight excluding hydrogens is 274 g/mol. The van der Waals surface area contributed by atoms with Gasteiger partial charge in [0.25, 0.3) is 10.2 Å². The van der Waals surface area contributed by atoms with Crippen molar-refractivity contribution in [2.75, 3.05) is 19.6 Å². The normalized spacial score (nSPS) is 37.0. The van der Waals surface area contributed by atoms with Crippen molar-refractivity contribution < 1.29 is 8.42 Å². The van der Waals surface area contributed by atoms with E-state index in [2.05, 4.69) is 18.6 Å². The maximum atomic E-state index is 12.5. The number of hydrogen-bond donors (Lipinski definition) is 2. The first-order valence-electron chi connectivity index (χ1n) is 7.91. The van der Waals surface area contributed by atoms with Gasteiger partial charge in [-0.25, -0.2) is 0 Å². The highest BCUT2D eigenvalue weighted by atomic mass is 32.2. The lowest BCUT2D eigenvalue weighted by molar-refractivity contribution is 0.217. The third-order valence-corrected chi connectivity index (χ3v) is 6.77. The van der Waals surface area contributed by atoms with E-state index >= 15 is 0 Å². The Morgan fingerprint density at radius 3 is 2.65 bits per heavy atom. The topological polar surface area (TPSA) is 75.4 Å². The second kappa shape index (κ2) is 6.73. The van der Waals surface area contributed by atoms with E-state index in [-0.39, 0.29) is 6.04 Å². The molecule has 0 amide bonds. The predicted octanol–water partition coefficient (Wildman–Crippen LogP) is 1.32. The molecule has 5 nitrogen and oxygen atoms in total. The minimum Gasteiger partial charge on any atom is -0.330 e. The van der Waals surface area contributed by atoms with Crippen molar-refractivity contribution in [3.63, 3.8) is 0 Å². The van der Waals surface area contributed by atoms with Crippen LogP contribution in [0.3, 0.4) is 0 Å². The van der Waals surface area contributed by atoms with Gasteiger partial charge in [0.1, 0.15) is 0 Å². The molecule has 4 unspecified atom stereocenters. The van der Waals surface area contributed by atoms with Crippen LogP contribution in [0.1, 0.15) is 46.0 Å². The maximum absolute atomic E-state index is 12.5. The molecule has 1 saturated carbocycles. The van der Waals surface area contributed by atoms with E-state index in [0.717, 1.165) is 25.7 Å². The van der Waals surface area contributed by atoms with E-state index in [1.807, 2.05) is 0 Å². The second-order valence-electron chi connectivity index (χ2n) is 6.60. The third kappa shape index (κ3) is 3.72. The number of nitrogens with two attached hydrogens (primary N) is 1. The minimum absolute atomic E-state index is 0.0852. The number of rotatable bonds is 4. The average molecular weight is 303 g/mol. The highest BCUT2D eigenvalue weighted by molar-refractivity contribution is 7.87. The molecule has 0 aromatic rings. The summed E-state index contributed by atoms with van der Waals surface area (Å²) < 4.78 is 29.6. The monoisotopic (exact) mass is 303 g/mol. The minimum atomic E-state index is -3.35. The van der Waals surface area contributed by atoms with Gasteiger partial charge in [-0.2, -0.15) is 17.4 Å². The van der Waals surface area contributed by atoms with Gasteiger partial charge in [0, 0.05) is 19.1 Å². The van der Waals surface area contributed by atoms with Gasteiger partial charge in [-0.3, -0.25) is 0 Å². The molecule has 2 fully saturated rings. The highest BCUT2D eigenvalue weighted by Crippen LogP contribution is 2.30. The molecule has 2 rings (SSSR count). The number of piperidine rings is 1. The van der Waals surface area contributed by atoms with Crippen LogP contribution in [0.25, 0.3) is 0 Å². The Bertz CT molecular complexity index is 413. The lowest BCUT2D eigenvalue weighted by Crippen LogP contribution is -2.52. The summed E-state index contributed by atoms with van der Waals surface area (Å²) in [7, 11) is -3.35. The average Bonchev–Trinajstić information content (AvgIpc) is 2.44. The van der Waals surface area contributed by atoms with Gasteiger partial charge in [-0.1, -0.05) is 26.7 Å². The third-order valence-electron chi connectivity index (χ3n) is 5.16. The molecule has 4 atom stereocenters. The fourth-order valence-electron chi connectivity index (χ4n) is 3.45. The summed E-state index contributed by atoms with van der Waals surface area (Å²) in [6.45, 7) is 6.15. The van der Waals surface area contributed by atoms with Crippen molar-refractivity contribution in [3.05, 3.63) is 0 Å². The molecule has 6 heteroatoms. The van der Waals surface area contributed by atoms with Crippen LogP contribution in [0.2, 0.25) is 0 Å². The summed E-state index contributed by atoms with van der Waals surface area (Å²) in [6, 6.07) is 0.0852. The highest BCUT2D eigenvalue weighted by Gasteiger charge is 2.34. The van der Waals surface area contributed by atoms with Gasteiger partial charge in [-0.05, 0) is 43.6 Å². The van der Waals surface area contributed by atoms with Crippen molar-refractivity contribution in [2.45, 2.75) is 52.0 Å². The van der Waals surface area contributed by atoms with E-state index in [1.54, 1.807) is 4.31 Å². The Balaban J connectivity index is 1.99. The van der Waals surface area contributed by atoms with Gasteiger partial charge in [0.05, 0.1) is 0 Å². The first kappa shape index (κ1) is 16.2. The zero-order chi connectivity index (χ0) is 14.8. The fourth-order valence-corrected chi connectivity index (χ4v) is 5.09. The van der Waals surface area contributed by atoms with Crippen molar-refractivity contribution in [1.82, 2.24) is 9.03 Å². The Hall–Kier alpha value is -0.170. The lowest BCUT2D eigenvalue weighted by Gasteiger charge is -2.37. The lowest BCUT2D eigenvalue weighted by atomic mass is 9.78. The van der Waals surface area contributed by atoms with E-state index in [9.17, 15) is 8.42 Å². The van der Waals surface area contributed by atoms with Crippen LogP contribution in [0.15, 0.2) is 0 Å². The Labute approximate surface area is 123 Å². The van der Waals surface area contributed by atoms with Crippen LogP contribution >= 0.6 is 0 Å². The summed E-state index contributed by atoms with van der Waals surface area (Å²) in [6.07, 6.45) is 5.24. The molecule has 1 aliphatic carbocycles. The molecule has 118 valence electrons. The number of nitrogens with one attached hydrogen (secondary N) is 1. The molecule has 0 aromatic carbocycles. The van der Waals surface area contributed by atoms with Gasteiger partial charge >= 0.3 is 0 Å². The molecule has 0 aromatic heterocycles. The standard InChI is InChI=1S/C14H29N3O2S/c1-11-5-3-7-14(12(11)2)16-20(18,19)17-8-4-6-13(9-15)10-17/h11-14,16H,3-10,15H2,1-2H3. The molecule has 0 radical (unpaired) electrons. The Morgan fingerprint density at radius 1 is 1.20 bits per heavy atom. The van der Waals surface area contributed by atoms with Crippen molar-refractivity contribution in [2.24, 2.45) is 23.5 Å². The molecule has 1 saturated heterocycles. The number of nitrogens with zero attached hydrogens (tertiary/aromatic N) is 1. The molecule has 1 heterocycles. The van der Waals surface area contributed by atoms with E-state index in [1.165, 1.54) is 6.42 Å². The largest absolute Gasteiger partial charge is 0.330 e. The molecular formula is C14H29N3O2S. The summed E-state index contributed by atoms with van der Waals surface area (Å²) in [5, 5.41) is 0. The van der Waals surface area contributed by atoms with E-state index in [0.29, 0.717) is 37.4 Å². The summed E-state index contributed by atoms with van der Waals surface area (Å²) in [5.41, 5.74) is 5.69. The molecule has 2 aliphatic rings. The first-order chi connectivity index (χ1) is 9.44. The summed E-state index contributed by atoms with van der Waals surface area (Å²) >= 11 is 0. The van der Waals surface area contributed by atoms with Crippen molar-refractivity contribution in [3.8, 4) is 0 Å². The Kier molecular flexibility index (Phi) is 5.45. The van der Waals surface area contributed by atoms with Crippen LogP contribution in [-0.2, 0) is 10.2 Å². The predicted molar refractivity (Wildman–Crippen MR) is 81.4 cm³/mol. The summed E-state index contributed by atoms with van der Waals surface area (Å²) in [5.74, 6) is 1.31. The smallest absolute Gasteiger partial charge is 0.279 e. The van der Waals surface area contributed by atoms with Crippen LogP contribution in [0.4, 0.5) is 0 Å². The van der Waals surface area contributed by atoms with Crippen molar-refractivity contribution >= 4 is 10.2 Å². The molecule has 0 spiro atoms. The van der Waals surface area contributed by atoms with Crippen LogP contribution in [-0.4, -0.2) is 38.4 Å². The quantitative estimate of drug-likeness (QED) is 0.822. The van der Waals surface area contributed by atoms with Gasteiger partial charge in [0.2, 0.25) is 0 Å². The molecule has 1 aliphatic heterocycles. The first-order valence-corrected chi connectivity index (χ1v) is 9.35. The van der Waals surface area contributed by atoms with E-state index < -0.39 is 10.2 Å². The fraction of sp³-hybridized carbons (Fsp3) is 1.00. The SMILES string of the molecule is CC1CCCC(NS(=O)(=O)N2CCCC(CN)C2)C1C. The van der Waals surface area contributed by atoms with Gasteiger partial charge in [-0.15, -0.1) is 0 Å². The molecule has 3 N–H and O–H groups in total. The second-order valence-corrected chi connectivity index (χ2v) is 8.30. The number of hydrogen-bond acceptors (Lipinski definition) is 3. The van der Waals surface area contributed by atoms with Gasteiger partial charge < -0.3 is 5.73 Å². The zero-order valence-electron chi connectivity index (χ0n) is 12.7. The molecule has 0 bridgehead atoms. The van der Waals surface area contributed by atoms with Crippen molar-refractivity contribution in [1.29, 1.82) is 0 Å². The maximum Gasteiger partial charge on any atom is 0.279 e. The van der Waals surface area contributed by atoms with Crippen LogP contribution in [0.5, 0.6) is 0 Å². The van der Waals surface area contributed by atoms with E-state index in [4.69, 9.17) is 5.73 Å². The molecule has 20 heavy (non-hydrogen) atoms. The zero-order valence-corrected chi connectivity index (χ0v) is 13.5. The van der Waals surface area contributed by atoms with Crippen LogP contribution in [0, 0.1) is 17.8 Å². The van der Waals surface area contributed by atoms with Gasteiger partial charge in [0.15, 0.2) is 0 Å².